The van der Waals surface area contributed by atoms with Gasteiger partial charge in [-0.25, -0.2) is 4.57 Å². The van der Waals surface area contributed by atoms with E-state index in [9.17, 15) is 34.4 Å². The maximum atomic E-state index is 12.6. The van der Waals surface area contributed by atoms with E-state index in [-0.39, 0.29) is 32.1 Å². The fourth-order valence-electron chi connectivity index (χ4n) is 4.91. The number of aliphatic hydroxyl groups is 4. The van der Waals surface area contributed by atoms with Crippen molar-refractivity contribution in [3.8, 4) is 0 Å². The number of carbonyl (C=O) groups excluding carboxylic acids is 2. The third-order valence-electron chi connectivity index (χ3n) is 8.23. The van der Waals surface area contributed by atoms with Crippen LogP contribution in [-0.2, 0) is 32.7 Å². The lowest BCUT2D eigenvalue weighted by atomic mass is 10.0. The molecule has 0 aliphatic carbocycles. The minimum Gasteiger partial charge on any atom is -0.462 e. The lowest BCUT2D eigenvalue weighted by Crippen LogP contribution is -2.30. The number of allylic oxidation sites excluding steroid dienone is 13. The highest BCUT2D eigenvalue weighted by atomic mass is 31.2. The van der Waals surface area contributed by atoms with E-state index in [2.05, 4.69) is 85.2 Å². The molecule has 0 aliphatic rings. The Morgan fingerprint density at radius 3 is 1.67 bits per heavy atom. The van der Waals surface area contributed by atoms with Crippen LogP contribution in [0.25, 0.3) is 0 Å². The van der Waals surface area contributed by atoms with Crippen molar-refractivity contribution in [1.29, 1.82) is 0 Å². The van der Waals surface area contributed by atoms with Gasteiger partial charge < -0.3 is 34.8 Å². The Kier molecular flexibility index (Phi) is 36.6. The summed E-state index contributed by atoms with van der Waals surface area (Å²) in [6.07, 6.45) is 37.3. The summed E-state index contributed by atoms with van der Waals surface area (Å²) in [5.74, 6) is -1.27. The van der Waals surface area contributed by atoms with E-state index in [0.717, 1.165) is 51.4 Å². The number of aliphatic hydroxyl groups excluding tert-OH is 4. The highest BCUT2D eigenvalue weighted by Crippen LogP contribution is 2.43. The van der Waals surface area contributed by atoms with Gasteiger partial charge in [0.05, 0.1) is 32.0 Å². The van der Waals surface area contributed by atoms with Crippen LogP contribution in [0.15, 0.2) is 85.1 Å². The van der Waals surface area contributed by atoms with Crippen molar-refractivity contribution in [3.63, 3.8) is 0 Å². The smallest absolute Gasteiger partial charge is 0.462 e. The molecule has 0 bridgehead atoms. The van der Waals surface area contributed by atoms with E-state index in [1.54, 1.807) is 6.08 Å². The summed E-state index contributed by atoms with van der Waals surface area (Å²) in [5.41, 5.74) is 0. The van der Waals surface area contributed by atoms with Gasteiger partial charge >= 0.3 is 19.8 Å². The summed E-state index contributed by atoms with van der Waals surface area (Å²) < 4.78 is 32.4. The molecule has 12 nitrogen and oxygen atoms in total. The van der Waals surface area contributed by atoms with Crippen LogP contribution in [0, 0.1) is 0 Å². The molecule has 0 fully saturated rings. The number of phosphoric ester groups is 1. The third kappa shape index (κ3) is 37.1. The number of unbranched alkanes of at least 4 members (excludes halogenated alkanes) is 5. The number of phosphoric acid groups is 1. The summed E-state index contributed by atoms with van der Waals surface area (Å²) in [5, 5.41) is 38.9. The molecule has 0 aromatic carbocycles. The number of ether oxygens (including phenoxy) is 2. The highest BCUT2D eigenvalue weighted by Gasteiger charge is 2.27. The summed E-state index contributed by atoms with van der Waals surface area (Å²) in [6.45, 7) is 1.83. The van der Waals surface area contributed by atoms with Crippen LogP contribution >= 0.6 is 7.82 Å². The molecule has 0 rings (SSSR count). The van der Waals surface area contributed by atoms with Crippen LogP contribution in [0.5, 0.6) is 0 Å². The normalized spacial score (nSPS) is 15.8. The Morgan fingerprint density at radius 1 is 0.596 bits per heavy atom. The minimum absolute atomic E-state index is 0.0693. The minimum atomic E-state index is -4.70. The summed E-state index contributed by atoms with van der Waals surface area (Å²) in [6, 6.07) is 0. The molecule has 326 valence electrons. The molecule has 0 radical (unpaired) electrons. The lowest BCUT2D eigenvalue weighted by molar-refractivity contribution is -0.161. The Labute approximate surface area is 342 Å². The second-order valence-electron chi connectivity index (χ2n) is 13.6. The zero-order valence-electron chi connectivity index (χ0n) is 34.5. The molecule has 0 amide bonds. The first-order valence-electron chi connectivity index (χ1n) is 20.7. The average Bonchev–Trinajstić information content (AvgIpc) is 3.19. The fourth-order valence-corrected chi connectivity index (χ4v) is 5.70. The van der Waals surface area contributed by atoms with Crippen molar-refractivity contribution in [2.45, 2.75) is 154 Å². The van der Waals surface area contributed by atoms with Gasteiger partial charge in [-0.05, 0) is 89.9 Å². The third-order valence-corrected chi connectivity index (χ3v) is 9.19. The van der Waals surface area contributed by atoms with Crippen molar-refractivity contribution >= 4 is 19.8 Å². The molecule has 13 heteroatoms. The maximum Gasteiger partial charge on any atom is 0.472 e. The molecule has 5 N–H and O–H groups in total. The monoisotopic (exact) mass is 824 g/mol. The Morgan fingerprint density at radius 2 is 1.11 bits per heavy atom. The first-order chi connectivity index (χ1) is 27.5. The van der Waals surface area contributed by atoms with Crippen LogP contribution in [0.3, 0.4) is 0 Å². The standard InChI is InChI=1S/C44H73O12P/c1-3-5-7-9-11-13-15-17-18-19-21-23-25-27-29-33-44(50)56-40(38-55-57(51,52)54-36-39(46)35-45)37-53-43(49)34-30-32-42(48)41(47)31-28-26-24-22-20-16-14-12-10-8-6-4-2/h6,8,11-14,17-18,20-23,26,28,39-42,45-48H,3-5,7,9-10,15-16,19,24-25,27,29-38H2,1-2H3,(H,51,52)/b8-6-,13-11-,14-12-,18-17-,22-20-,23-21-,28-26-/t39-,40+,41-,42-/m0/s1. The topological polar surface area (TPSA) is 189 Å². The number of rotatable bonds is 37. The molecule has 57 heavy (non-hydrogen) atoms. The highest BCUT2D eigenvalue weighted by molar-refractivity contribution is 7.47. The van der Waals surface area contributed by atoms with Crippen molar-refractivity contribution in [1.82, 2.24) is 0 Å². The molecule has 5 atom stereocenters. The first-order valence-corrected chi connectivity index (χ1v) is 22.2. The molecule has 0 saturated heterocycles. The first kappa shape index (κ1) is 54.1. The van der Waals surface area contributed by atoms with Crippen molar-refractivity contribution in [3.05, 3.63) is 85.1 Å². The fraction of sp³-hybridized carbons (Fsp3) is 0.636. The van der Waals surface area contributed by atoms with Gasteiger partial charge in [-0.15, -0.1) is 0 Å². The summed E-state index contributed by atoms with van der Waals surface area (Å²) >= 11 is 0. The van der Waals surface area contributed by atoms with E-state index in [1.165, 1.54) is 19.3 Å². The molecular formula is C44H73O12P. The number of carbonyl (C=O) groups is 2. The molecular weight excluding hydrogens is 751 g/mol. The number of hydrogen-bond acceptors (Lipinski definition) is 11. The quantitative estimate of drug-likeness (QED) is 0.0174. The van der Waals surface area contributed by atoms with E-state index >= 15 is 0 Å². The summed E-state index contributed by atoms with van der Waals surface area (Å²) in [7, 11) is -4.70. The SMILES string of the molecule is CC/C=C\C/C=C\C/C=C\C/C=C\C[C@H](O)[C@@H](O)CCCC(=O)OC[C@H](COP(=O)(O)OC[C@@H](O)CO)OC(=O)CCCC/C=C\C/C=C\C/C=C\CCCCC. The van der Waals surface area contributed by atoms with Gasteiger partial charge in [-0.1, -0.05) is 112 Å². The van der Waals surface area contributed by atoms with Crippen LogP contribution in [0.2, 0.25) is 0 Å². The van der Waals surface area contributed by atoms with Gasteiger partial charge in [0.25, 0.3) is 0 Å². The predicted octanol–water partition coefficient (Wildman–Crippen LogP) is 8.61. The van der Waals surface area contributed by atoms with Crippen LogP contribution in [0.4, 0.5) is 0 Å². The predicted molar refractivity (Wildman–Crippen MR) is 226 cm³/mol. The number of esters is 2. The number of hydrogen-bond donors (Lipinski definition) is 5. The van der Waals surface area contributed by atoms with Crippen molar-refractivity contribution in [2.75, 3.05) is 26.4 Å². The Bertz CT molecular complexity index is 1260. The molecule has 1 unspecified atom stereocenters. The molecule has 0 aromatic rings. The molecule has 0 heterocycles. The van der Waals surface area contributed by atoms with E-state index in [0.29, 0.717) is 12.8 Å². The zero-order chi connectivity index (χ0) is 42.2. The second kappa shape index (κ2) is 38.6. The molecule has 0 spiro atoms. The van der Waals surface area contributed by atoms with Gasteiger partial charge in [0.2, 0.25) is 0 Å². The van der Waals surface area contributed by atoms with Gasteiger partial charge in [0.1, 0.15) is 12.7 Å². The lowest BCUT2D eigenvalue weighted by Gasteiger charge is -2.20. The van der Waals surface area contributed by atoms with Crippen LogP contribution in [-0.4, -0.2) is 88.1 Å². The van der Waals surface area contributed by atoms with Crippen molar-refractivity contribution < 1.29 is 58.0 Å². The summed E-state index contributed by atoms with van der Waals surface area (Å²) in [4.78, 5) is 35.0. The average molecular weight is 825 g/mol. The van der Waals surface area contributed by atoms with E-state index in [4.69, 9.17) is 19.1 Å². The Hall–Kier alpha value is -2.93. The van der Waals surface area contributed by atoms with E-state index in [1.807, 2.05) is 12.2 Å². The maximum absolute atomic E-state index is 12.6. The van der Waals surface area contributed by atoms with Gasteiger partial charge in [0.15, 0.2) is 6.10 Å². The molecule has 0 saturated carbocycles. The van der Waals surface area contributed by atoms with Crippen molar-refractivity contribution in [2.24, 2.45) is 0 Å². The van der Waals surface area contributed by atoms with E-state index < -0.39 is 70.6 Å². The van der Waals surface area contributed by atoms with Gasteiger partial charge in [0, 0.05) is 12.8 Å². The van der Waals surface area contributed by atoms with Crippen LogP contribution in [0.1, 0.15) is 129 Å². The van der Waals surface area contributed by atoms with Crippen LogP contribution < -0.4 is 0 Å². The van der Waals surface area contributed by atoms with Gasteiger partial charge in [-0.2, -0.15) is 0 Å². The zero-order valence-corrected chi connectivity index (χ0v) is 35.4. The molecule has 0 aliphatic heterocycles. The largest absolute Gasteiger partial charge is 0.472 e. The second-order valence-corrected chi connectivity index (χ2v) is 15.0. The van der Waals surface area contributed by atoms with Gasteiger partial charge in [-0.3, -0.25) is 18.6 Å². The molecule has 0 aromatic heterocycles. The Balaban J connectivity index is 4.66.